The number of benzene rings is 2. The first kappa shape index (κ1) is 31.7. The second kappa shape index (κ2) is 13.6. The highest BCUT2D eigenvalue weighted by molar-refractivity contribution is 5.92. The Kier molecular flexibility index (Phi) is 9.56. The van der Waals surface area contributed by atoms with Gasteiger partial charge in [0, 0.05) is 39.3 Å². The summed E-state index contributed by atoms with van der Waals surface area (Å²) in [5.74, 6) is -0.219. The number of nitrogens with zero attached hydrogens (tertiary/aromatic N) is 2. The van der Waals surface area contributed by atoms with E-state index in [2.05, 4.69) is 4.90 Å². The van der Waals surface area contributed by atoms with Crippen molar-refractivity contribution in [1.82, 2.24) is 9.80 Å². The van der Waals surface area contributed by atoms with Gasteiger partial charge in [0.1, 0.15) is 58.9 Å². The van der Waals surface area contributed by atoms with Gasteiger partial charge in [-0.25, -0.2) is 0 Å². The van der Waals surface area contributed by atoms with E-state index in [1.54, 1.807) is 12.1 Å². The monoisotopic (exact) mass is 630 g/mol. The first-order chi connectivity index (χ1) is 21.8. The smallest absolute Gasteiger partial charge is 0.229 e. The van der Waals surface area contributed by atoms with Gasteiger partial charge in [-0.3, -0.25) is 14.6 Å². The van der Waals surface area contributed by atoms with Gasteiger partial charge in [-0.1, -0.05) is 12.1 Å². The minimum absolute atomic E-state index is 0.0292. The molecule has 3 aliphatic heterocycles. The third-order valence-corrected chi connectivity index (χ3v) is 8.60. The van der Waals surface area contributed by atoms with Crippen molar-refractivity contribution in [3.05, 3.63) is 51.9 Å². The molecule has 0 bridgehead atoms. The SMILES string of the molecule is O=c1c(-c2ccc(O[C@@H]3O[C@H](CO)[C@@H](O)[C@H](O)[C@H]3O)cc2)coc2c(CN3CCOCC3)c(O)c(CN3CCOCC3)c(O)c12. The highest BCUT2D eigenvalue weighted by atomic mass is 16.7. The zero-order valence-corrected chi connectivity index (χ0v) is 24.6. The third-order valence-electron chi connectivity index (χ3n) is 8.60. The Morgan fingerprint density at radius 1 is 0.800 bits per heavy atom. The maximum absolute atomic E-state index is 14.0. The minimum Gasteiger partial charge on any atom is -0.507 e. The molecule has 5 atom stereocenters. The lowest BCUT2D eigenvalue weighted by Crippen LogP contribution is -2.60. The van der Waals surface area contributed by atoms with Gasteiger partial charge in [-0.2, -0.15) is 0 Å². The number of phenols is 2. The predicted octanol–water partition coefficient (Wildman–Crippen LogP) is -0.286. The molecular weight excluding hydrogens is 592 g/mol. The highest BCUT2D eigenvalue weighted by Crippen LogP contribution is 2.41. The van der Waals surface area contributed by atoms with Crippen LogP contribution in [0.4, 0.5) is 0 Å². The predicted molar refractivity (Wildman–Crippen MR) is 158 cm³/mol. The Labute approximate surface area is 258 Å². The van der Waals surface area contributed by atoms with Gasteiger partial charge in [0.2, 0.25) is 11.7 Å². The van der Waals surface area contributed by atoms with Crippen molar-refractivity contribution < 1.29 is 54.0 Å². The summed E-state index contributed by atoms with van der Waals surface area (Å²) in [7, 11) is 0. The summed E-state index contributed by atoms with van der Waals surface area (Å²) in [5.41, 5.74) is 0.905. The number of rotatable bonds is 8. The van der Waals surface area contributed by atoms with Gasteiger partial charge in [0.25, 0.3) is 0 Å². The molecular formula is C31H38N2O12. The van der Waals surface area contributed by atoms with Crippen molar-refractivity contribution in [1.29, 1.82) is 0 Å². The molecule has 45 heavy (non-hydrogen) atoms. The summed E-state index contributed by atoms with van der Waals surface area (Å²) < 4.78 is 28.0. The molecule has 0 amide bonds. The third kappa shape index (κ3) is 6.38. The van der Waals surface area contributed by atoms with Crippen molar-refractivity contribution in [2.24, 2.45) is 0 Å². The Balaban J connectivity index is 1.33. The van der Waals surface area contributed by atoms with E-state index in [9.17, 15) is 35.4 Å². The Morgan fingerprint density at radius 2 is 1.40 bits per heavy atom. The van der Waals surface area contributed by atoms with Crippen molar-refractivity contribution >= 4 is 11.0 Å². The van der Waals surface area contributed by atoms with E-state index >= 15 is 0 Å². The van der Waals surface area contributed by atoms with Crippen LogP contribution in [0.3, 0.4) is 0 Å². The zero-order chi connectivity index (χ0) is 31.7. The van der Waals surface area contributed by atoms with Crippen LogP contribution in [0.1, 0.15) is 11.1 Å². The quantitative estimate of drug-likeness (QED) is 0.190. The van der Waals surface area contributed by atoms with Crippen LogP contribution in [-0.2, 0) is 27.3 Å². The van der Waals surface area contributed by atoms with E-state index in [0.29, 0.717) is 70.3 Å². The lowest BCUT2D eigenvalue weighted by molar-refractivity contribution is -0.277. The molecule has 1 aromatic heterocycles. The molecule has 3 aromatic rings. The van der Waals surface area contributed by atoms with E-state index in [-0.39, 0.29) is 45.9 Å². The summed E-state index contributed by atoms with van der Waals surface area (Å²) in [6.07, 6.45) is -5.87. The second-order valence-electron chi connectivity index (χ2n) is 11.5. The molecule has 244 valence electrons. The largest absolute Gasteiger partial charge is 0.507 e. The van der Waals surface area contributed by atoms with Crippen LogP contribution in [0.25, 0.3) is 22.1 Å². The van der Waals surface area contributed by atoms with E-state index in [0.717, 1.165) is 0 Å². The fraction of sp³-hybridized carbons (Fsp3) is 0.516. The van der Waals surface area contributed by atoms with Crippen LogP contribution in [-0.4, -0.2) is 130 Å². The van der Waals surface area contributed by atoms with Gasteiger partial charge in [-0.05, 0) is 17.7 Å². The number of aliphatic hydroxyl groups is 4. The molecule has 3 saturated heterocycles. The number of ether oxygens (including phenoxy) is 4. The zero-order valence-electron chi connectivity index (χ0n) is 24.6. The van der Waals surface area contributed by atoms with Crippen LogP contribution < -0.4 is 10.2 Å². The van der Waals surface area contributed by atoms with E-state index in [1.165, 1.54) is 18.4 Å². The molecule has 0 aliphatic carbocycles. The van der Waals surface area contributed by atoms with Gasteiger partial charge in [0.05, 0.1) is 49.7 Å². The lowest BCUT2D eigenvalue weighted by atomic mass is 9.98. The summed E-state index contributed by atoms with van der Waals surface area (Å²) >= 11 is 0. The molecule has 14 nitrogen and oxygen atoms in total. The number of hydrogen-bond donors (Lipinski definition) is 6. The average molecular weight is 631 g/mol. The fourth-order valence-electron chi connectivity index (χ4n) is 5.93. The molecule has 0 radical (unpaired) electrons. The maximum atomic E-state index is 14.0. The van der Waals surface area contributed by atoms with Crippen LogP contribution in [0, 0.1) is 0 Å². The average Bonchev–Trinajstić information content (AvgIpc) is 3.06. The maximum Gasteiger partial charge on any atom is 0.229 e. The number of morpholine rings is 2. The molecule has 0 spiro atoms. The summed E-state index contributed by atoms with van der Waals surface area (Å²) in [6, 6.07) is 6.20. The molecule has 3 aliphatic rings. The van der Waals surface area contributed by atoms with E-state index < -0.39 is 42.7 Å². The fourth-order valence-corrected chi connectivity index (χ4v) is 5.93. The summed E-state index contributed by atoms with van der Waals surface area (Å²) in [4.78, 5) is 18.1. The van der Waals surface area contributed by atoms with Crippen LogP contribution in [0.15, 0.2) is 39.7 Å². The Morgan fingerprint density at radius 3 is 2.00 bits per heavy atom. The van der Waals surface area contributed by atoms with Gasteiger partial charge in [-0.15, -0.1) is 0 Å². The number of phenolic OH excluding ortho intramolecular Hbond substituents is 2. The number of fused-ring (bicyclic) bond motifs is 1. The van der Waals surface area contributed by atoms with Crippen molar-refractivity contribution in [2.75, 3.05) is 59.2 Å². The number of aliphatic hydroxyl groups excluding tert-OH is 4. The summed E-state index contributed by atoms with van der Waals surface area (Å²) in [6.45, 7) is 4.58. The van der Waals surface area contributed by atoms with Crippen LogP contribution in [0.5, 0.6) is 17.2 Å². The first-order valence-corrected chi connectivity index (χ1v) is 15.0. The van der Waals surface area contributed by atoms with Gasteiger partial charge >= 0.3 is 0 Å². The summed E-state index contributed by atoms with van der Waals surface area (Å²) in [5, 5.41) is 62.6. The van der Waals surface area contributed by atoms with E-state index in [1.807, 2.05) is 4.90 Å². The van der Waals surface area contributed by atoms with Crippen molar-refractivity contribution in [3.8, 4) is 28.4 Å². The molecule has 0 saturated carbocycles. The molecule has 2 aromatic carbocycles. The van der Waals surface area contributed by atoms with Crippen LogP contribution >= 0.6 is 0 Å². The molecule has 6 N–H and O–H groups in total. The molecule has 0 unspecified atom stereocenters. The molecule has 3 fully saturated rings. The standard InChI is InChI=1S/C31H38N2O12/c34-15-22-27(38)28(39)29(40)31(45-22)44-18-3-1-17(2-4-18)21-16-43-30-20(14-33-7-11-42-12-8-33)24(35)19(25(36)23(30)26(21)37)13-32-5-9-41-10-6-32/h1-4,16,22,27-29,31,34-36,38-40H,5-15H2/t22-,27-,28+,29-,31-/m1/s1. The number of hydrogen-bond acceptors (Lipinski definition) is 14. The van der Waals surface area contributed by atoms with Crippen molar-refractivity contribution in [3.63, 3.8) is 0 Å². The molecule has 6 rings (SSSR count). The topological polar surface area (TPSA) is 195 Å². The van der Waals surface area contributed by atoms with E-state index in [4.69, 9.17) is 23.4 Å². The Bertz CT molecular complexity index is 1530. The Hall–Kier alpha value is -3.31. The van der Waals surface area contributed by atoms with Gasteiger partial charge in [0.15, 0.2) is 0 Å². The normalized spacial score (nSPS) is 26.7. The highest BCUT2D eigenvalue weighted by Gasteiger charge is 2.44. The minimum atomic E-state index is -1.59. The first-order valence-electron chi connectivity index (χ1n) is 15.0. The van der Waals surface area contributed by atoms with Crippen LogP contribution in [0.2, 0.25) is 0 Å². The lowest BCUT2D eigenvalue weighted by Gasteiger charge is -2.39. The van der Waals surface area contributed by atoms with Gasteiger partial charge < -0.3 is 54.0 Å². The number of aromatic hydroxyl groups is 2. The van der Waals surface area contributed by atoms with Crippen molar-refractivity contribution in [2.45, 2.75) is 43.8 Å². The molecule has 4 heterocycles. The molecule has 14 heteroatoms. The second-order valence-corrected chi connectivity index (χ2v) is 11.5.